The van der Waals surface area contributed by atoms with E-state index in [1.54, 1.807) is 7.11 Å². The van der Waals surface area contributed by atoms with Crippen LogP contribution in [0.2, 0.25) is 0 Å². The summed E-state index contributed by atoms with van der Waals surface area (Å²) >= 11 is 1.94. The molecule has 2 rings (SSSR count). The predicted molar refractivity (Wildman–Crippen MR) is 77.6 cm³/mol. The predicted octanol–water partition coefficient (Wildman–Crippen LogP) is 1.14. The molecule has 2 aliphatic rings. The van der Waals surface area contributed by atoms with Gasteiger partial charge in [0.05, 0.1) is 6.10 Å². The average Bonchev–Trinajstić information content (AvgIpc) is 2.40. The highest BCUT2D eigenvalue weighted by molar-refractivity contribution is 7.99. The summed E-state index contributed by atoms with van der Waals surface area (Å²) in [6, 6.07) is 0.365. The first-order valence-electron chi connectivity index (χ1n) is 6.41. The lowest BCUT2D eigenvalue weighted by Crippen LogP contribution is -2.47. The molecule has 0 saturated carbocycles. The molecule has 0 aromatic carbocycles. The maximum atomic E-state index is 12.1. The largest absolute Gasteiger partial charge is 0.380 e. The molecule has 1 amide bonds. The van der Waals surface area contributed by atoms with Gasteiger partial charge in [-0.3, -0.25) is 4.79 Å². The van der Waals surface area contributed by atoms with Crippen molar-refractivity contribution in [1.82, 2.24) is 10.2 Å². The Balaban J connectivity index is 0.00000162. The van der Waals surface area contributed by atoms with Crippen molar-refractivity contribution in [2.45, 2.75) is 31.4 Å². The first-order valence-corrected chi connectivity index (χ1v) is 7.56. The number of nitrogens with one attached hydrogen (secondary N) is 1. The van der Waals surface area contributed by atoms with Crippen LogP contribution in [-0.4, -0.2) is 61.2 Å². The molecule has 2 unspecified atom stereocenters. The summed E-state index contributed by atoms with van der Waals surface area (Å²) in [5, 5.41) is 3.41. The number of amides is 1. The van der Waals surface area contributed by atoms with Gasteiger partial charge in [0, 0.05) is 50.7 Å². The number of ether oxygens (including phenoxy) is 1. The molecule has 2 fully saturated rings. The fourth-order valence-electron chi connectivity index (χ4n) is 2.45. The summed E-state index contributed by atoms with van der Waals surface area (Å²) in [6.45, 7) is 2.71. The number of halogens is 1. The zero-order valence-corrected chi connectivity index (χ0v) is 12.5. The third kappa shape index (κ3) is 4.61. The third-order valence-electron chi connectivity index (χ3n) is 3.48. The van der Waals surface area contributed by atoms with Gasteiger partial charge < -0.3 is 15.0 Å². The van der Waals surface area contributed by atoms with Gasteiger partial charge >= 0.3 is 0 Å². The second-order valence-corrected chi connectivity index (χ2v) is 5.92. The van der Waals surface area contributed by atoms with Crippen molar-refractivity contribution in [3.8, 4) is 0 Å². The Hall–Kier alpha value is 0.0300. The van der Waals surface area contributed by atoms with Crippen LogP contribution in [0.15, 0.2) is 0 Å². The van der Waals surface area contributed by atoms with Crippen molar-refractivity contribution >= 4 is 30.1 Å². The van der Waals surface area contributed by atoms with E-state index in [9.17, 15) is 4.79 Å². The minimum absolute atomic E-state index is 0. The SMILES string of the molecule is COC1CCCN(C(=O)CC2CSCCN2)C1.Cl. The second-order valence-electron chi connectivity index (χ2n) is 4.77. The van der Waals surface area contributed by atoms with Crippen molar-refractivity contribution in [2.24, 2.45) is 0 Å². The van der Waals surface area contributed by atoms with Crippen molar-refractivity contribution in [1.29, 1.82) is 0 Å². The van der Waals surface area contributed by atoms with Crippen molar-refractivity contribution in [3.63, 3.8) is 0 Å². The minimum Gasteiger partial charge on any atom is -0.380 e. The van der Waals surface area contributed by atoms with E-state index in [0.717, 1.165) is 38.2 Å². The van der Waals surface area contributed by atoms with E-state index in [-0.39, 0.29) is 24.4 Å². The number of carbonyl (C=O) groups excluding carboxylic acids is 1. The molecule has 2 aliphatic heterocycles. The number of thioether (sulfide) groups is 1. The molecule has 2 saturated heterocycles. The maximum Gasteiger partial charge on any atom is 0.224 e. The third-order valence-corrected chi connectivity index (χ3v) is 4.61. The van der Waals surface area contributed by atoms with E-state index in [1.165, 1.54) is 5.75 Å². The smallest absolute Gasteiger partial charge is 0.224 e. The number of piperidine rings is 1. The van der Waals surface area contributed by atoms with Crippen LogP contribution in [0.3, 0.4) is 0 Å². The number of rotatable bonds is 3. The molecule has 0 bridgehead atoms. The van der Waals surface area contributed by atoms with Crippen LogP contribution in [0.25, 0.3) is 0 Å². The highest BCUT2D eigenvalue weighted by Gasteiger charge is 2.25. The molecule has 1 N–H and O–H groups in total. The fraction of sp³-hybridized carbons (Fsp3) is 0.917. The summed E-state index contributed by atoms with van der Waals surface area (Å²) in [4.78, 5) is 14.1. The topological polar surface area (TPSA) is 41.6 Å². The first-order chi connectivity index (χ1) is 8.29. The normalized spacial score (nSPS) is 28.6. The van der Waals surface area contributed by atoms with Gasteiger partial charge in [-0.15, -0.1) is 12.4 Å². The molecular weight excluding hydrogens is 272 g/mol. The van der Waals surface area contributed by atoms with Gasteiger partial charge in [0.1, 0.15) is 0 Å². The molecule has 0 spiro atoms. The lowest BCUT2D eigenvalue weighted by Gasteiger charge is -2.33. The Kier molecular flexibility index (Phi) is 7.37. The molecule has 6 heteroatoms. The highest BCUT2D eigenvalue weighted by atomic mass is 35.5. The second kappa shape index (κ2) is 8.25. The van der Waals surface area contributed by atoms with Crippen LogP contribution >= 0.6 is 24.2 Å². The number of hydrogen-bond donors (Lipinski definition) is 1. The molecule has 4 nitrogen and oxygen atoms in total. The first kappa shape index (κ1) is 16.1. The van der Waals surface area contributed by atoms with Crippen LogP contribution in [0.4, 0.5) is 0 Å². The Morgan fingerprint density at radius 2 is 2.39 bits per heavy atom. The molecular formula is C12H23ClN2O2S. The van der Waals surface area contributed by atoms with E-state index in [1.807, 2.05) is 16.7 Å². The summed E-state index contributed by atoms with van der Waals surface area (Å²) in [7, 11) is 1.73. The van der Waals surface area contributed by atoms with E-state index < -0.39 is 0 Å². The Morgan fingerprint density at radius 1 is 1.56 bits per heavy atom. The fourth-order valence-corrected chi connectivity index (χ4v) is 3.40. The van der Waals surface area contributed by atoms with Gasteiger partial charge in [-0.25, -0.2) is 0 Å². The standard InChI is InChI=1S/C12H22N2O2S.ClH/c1-16-11-3-2-5-14(8-11)12(15)7-10-9-17-6-4-13-10;/h10-11,13H,2-9H2,1H3;1H. The number of nitrogens with zero attached hydrogens (tertiary/aromatic N) is 1. The Labute approximate surface area is 120 Å². The minimum atomic E-state index is 0. The number of methoxy groups -OCH3 is 1. The summed E-state index contributed by atoms with van der Waals surface area (Å²) in [5.74, 6) is 2.51. The molecule has 18 heavy (non-hydrogen) atoms. The molecule has 106 valence electrons. The molecule has 2 heterocycles. The number of likely N-dealkylation sites (tertiary alicyclic amines) is 1. The van der Waals surface area contributed by atoms with Crippen molar-refractivity contribution < 1.29 is 9.53 Å². The van der Waals surface area contributed by atoms with E-state index in [0.29, 0.717) is 12.5 Å². The Bertz CT molecular complexity index is 262. The quantitative estimate of drug-likeness (QED) is 0.848. The molecule has 0 aromatic rings. The number of carbonyl (C=O) groups is 1. The highest BCUT2D eigenvalue weighted by Crippen LogP contribution is 2.16. The summed E-state index contributed by atoms with van der Waals surface area (Å²) in [5.41, 5.74) is 0. The van der Waals surface area contributed by atoms with Crippen LogP contribution in [0.5, 0.6) is 0 Å². The Morgan fingerprint density at radius 3 is 3.06 bits per heavy atom. The van der Waals surface area contributed by atoms with Gasteiger partial charge in [-0.1, -0.05) is 0 Å². The zero-order valence-electron chi connectivity index (χ0n) is 10.9. The van der Waals surface area contributed by atoms with E-state index in [4.69, 9.17) is 4.74 Å². The zero-order chi connectivity index (χ0) is 12.1. The van der Waals surface area contributed by atoms with Crippen LogP contribution in [0, 0.1) is 0 Å². The van der Waals surface area contributed by atoms with Crippen molar-refractivity contribution in [2.75, 3.05) is 38.2 Å². The molecule has 0 aliphatic carbocycles. The van der Waals surface area contributed by atoms with Crippen LogP contribution < -0.4 is 5.32 Å². The van der Waals surface area contributed by atoms with Gasteiger partial charge in [-0.2, -0.15) is 11.8 Å². The maximum absolute atomic E-state index is 12.1. The summed E-state index contributed by atoms with van der Waals surface area (Å²) in [6.07, 6.45) is 3.03. The average molecular weight is 295 g/mol. The van der Waals surface area contributed by atoms with Gasteiger partial charge in [0.2, 0.25) is 5.91 Å². The van der Waals surface area contributed by atoms with Crippen molar-refractivity contribution in [3.05, 3.63) is 0 Å². The lowest BCUT2D eigenvalue weighted by atomic mass is 10.1. The van der Waals surface area contributed by atoms with Crippen LogP contribution in [0.1, 0.15) is 19.3 Å². The van der Waals surface area contributed by atoms with Gasteiger partial charge in [-0.05, 0) is 12.8 Å². The molecule has 0 radical (unpaired) electrons. The molecule has 0 aromatic heterocycles. The monoisotopic (exact) mass is 294 g/mol. The lowest BCUT2D eigenvalue weighted by molar-refractivity contribution is -0.135. The number of hydrogen-bond acceptors (Lipinski definition) is 4. The van der Waals surface area contributed by atoms with Gasteiger partial charge in [0.15, 0.2) is 0 Å². The van der Waals surface area contributed by atoms with E-state index >= 15 is 0 Å². The van der Waals surface area contributed by atoms with Gasteiger partial charge in [0.25, 0.3) is 0 Å². The van der Waals surface area contributed by atoms with E-state index in [2.05, 4.69) is 5.32 Å². The van der Waals surface area contributed by atoms with Crippen LogP contribution in [-0.2, 0) is 9.53 Å². The summed E-state index contributed by atoms with van der Waals surface area (Å²) < 4.78 is 5.35. The molecule has 2 atom stereocenters.